The van der Waals surface area contributed by atoms with E-state index in [4.69, 9.17) is 0 Å². The lowest BCUT2D eigenvalue weighted by Gasteiger charge is -2.47. The van der Waals surface area contributed by atoms with Crippen LogP contribution in [-0.2, 0) is 4.79 Å². The maximum atomic E-state index is 11.9. The summed E-state index contributed by atoms with van der Waals surface area (Å²) in [6, 6.07) is 8.95. The van der Waals surface area contributed by atoms with Gasteiger partial charge in [0, 0.05) is 24.1 Å². The molecule has 76 valence electrons. The molecule has 2 fully saturated rings. The fourth-order valence-corrected chi connectivity index (χ4v) is 3.64. The van der Waals surface area contributed by atoms with Crippen molar-refractivity contribution in [3.63, 3.8) is 0 Å². The Morgan fingerprint density at radius 1 is 1.27 bits per heavy atom. The van der Waals surface area contributed by atoms with Crippen molar-refractivity contribution in [2.45, 2.75) is 31.2 Å². The van der Waals surface area contributed by atoms with E-state index in [1.54, 1.807) is 0 Å². The van der Waals surface area contributed by atoms with E-state index in [-0.39, 0.29) is 0 Å². The largest absolute Gasteiger partial charge is 0.308 e. The van der Waals surface area contributed by atoms with Gasteiger partial charge in [0.1, 0.15) is 0 Å². The summed E-state index contributed by atoms with van der Waals surface area (Å²) in [6.45, 7) is 0. The van der Waals surface area contributed by atoms with Gasteiger partial charge < -0.3 is 4.90 Å². The molecule has 1 saturated carbocycles. The quantitative estimate of drug-likeness (QED) is 0.627. The predicted octanol–water partition coefficient (Wildman–Crippen LogP) is 2.30. The van der Waals surface area contributed by atoms with E-state index in [1.165, 1.54) is 17.7 Å². The molecular weight excluding hydrogens is 186 g/mol. The Bertz CT molecular complexity index is 454. The van der Waals surface area contributed by atoms with Crippen LogP contribution in [-0.4, -0.2) is 11.9 Å². The Morgan fingerprint density at radius 3 is 3.07 bits per heavy atom. The second kappa shape index (κ2) is 2.43. The zero-order valence-corrected chi connectivity index (χ0v) is 8.52. The molecule has 0 bridgehead atoms. The lowest BCUT2D eigenvalue weighted by atomic mass is 9.65. The number of carbonyl (C=O) groups is 1. The fraction of sp³-hybridized carbons (Fsp3) is 0.462. The second-order valence-electron chi connectivity index (χ2n) is 4.95. The predicted molar refractivity (Wildman–Crippen MR) is 57.8 cm³/mol. The van der Waals surface area contributed by atoms with Gasteiger partial charge in [0.2, 0.25) is 5.91 Å². The van der Waals surface area contributed by atoms with Crippen LogP contribution in [0.1, 0.15) is 30.7 Å². The Balaban J connectivity index is 1.91. The summed E-state index contributed by atoms with van der Waals surface area (Å²) in [6.07, 6.45) is 3.16. The van der Waals surface area contributed by atoms with Gasteiger partial charge in [-0.1, -0.05) is 18.2 Å². The van der Waals surface area contributed by atoms with E-state index < -0.39 is 0 Å². The zero-order chi connectivity index (χ0) is 9.99. The van der Waals surface area contributed by atoms with Crippen molar-refractivity contribution < 1.29 is 4.79 Å². The first-order valence-electron chi connectivity index (χ1n) is 5.77. The molecule has 15 heavy (non-hydrogen) atoms. The molecule has 0 radical (unpaired) electrons. The van der Waals surface area contributed by atoms with Crippen LogP contribution in [0.5, 0.6) is 0 Å². The zero-order valence-electron chi connectivity index (χ0n) is 8.52. The molecule has 1 aromatic carbocycles. The number of anilines is 1. The Hall–Kier alpha value is -1.31. The summed E-state index contributed by atoms with van der Waals surface area (Å²) >= 11 is 0. The summed E-state index contributed by atoms with van der Waals surface area (Å²) in [4.78, 5) is 14.0. The van der Waals surface area contributed by atoms with Crippen LogP contribution in [0.25, 0.3) is 0 Å². The van der Waals surface area contributed by atoms with Crippen LogP contribution >= 0.6 is 0 Å². The topological polar surface area (TPSA) is 20.3 Å². The molecule has 3 atom stereocenters. The van der Waals surface area contributed by atoms with Crippen LogP contribution < -0.4 is 4.90 Å². The number of piperidine rings is 1. The van der Waals surface area contributed by atoms with Gasteiger partial charge >= 0.3 is 0 Å². The van der Waals surface area contributed by atoms with Crippen molar-refractivity contribution in [3.8, 4) is 0 Å². The van der Waals surface area contributed by atoms with Gasteiger partial charge in [0.25, 0.3) is 0 Å². The molecule has 2 heterocycles. The first-order chi connectivity index (χ1) is 7.36. The molecule has 0 N–H and O–H groups in total. The second-order valence-corrected chi connectivity index (χ2v) is 4.95. The van der Waals surface area contributed by atoms with Gasteiger partial charge in [-0.2, -0.15) is 0 Å². The number of hydrogen-bond acceptors (Lipinski definition) is 1. The lowest BCUT2D eigenvalue weighted by molar-refractivity contribution is -0.122. The van der Waals surface area contributed by atoms with Gasteiger partial charge in [0.15, 0.2) is 0 Å². The molecule has 0 spiro atoms. The number of para-hydroxylation sites is 1. The van der Waals surface area contributed by atoms with Crippen LogP contribution in [0.2, 0.25) is 0 Å². The standard InChI is InChI=1S/C13H13NO/c15-12-6-5-8-7-10-9-3-1-2-4-11(9)14(12)13(8)10/h1-4,8,10,13H,5-7H2/t8-,10-,13?/m0/s1. The summed E-state index contributed by atoms with van der Waals surface area (Å²) in [5.74, 6) is 1.77. The first kappa shape index (κ1) is 7.91. The highest BCUT2D eigenvalue weighted by Crippen LogP contribution is 2.57. The maximum absolute atomic E-state index is 11.9. The van der Waals surface area contributed by atoms with E-state index in [9.17, 15) is 4.79 Å². The number of amides is 1. The monoisotopic (exact) mass is 199 g/mol. The van der Waals surface area contributed by atoms with Gasteiger partial charge in [0.05, 0.1) is 0 Å². The number of fused-ring (bicyclic) bond motifs is 3. The number of hydrogen-bond donors (Lipinski definition) is 0. The van der Waals surface area contributed by atoms with Crippen molar-refractivity contribution >= 4 is 11.6 Å². The van der Waals surface area contributed by atoms with E-state index >= 15 is 0 Å². The highest BCUT2D eigenvalue weighted by atomic mass is 16.2. The third-order valence-corrected chi connectivity index (χ3v) is 4.34. The molecule has 1 aliphatic carbocycles. The van der Waals surface area contributed by atoms with Crippen LogP contribution in [0.15, 0.2) is 24.3 Å². The van der Waals surface area contributed by atoms with Crippen molar-refractivity contribution in [2.75, 3.05) is 4.90 Å². The molecule has 1 unspecified atom stereocenters. The smallest absolute Gasteiger partial charge is 0.227 e. The van der Waals surface area contributed by atoms with E-state index in [0.29, 0.717) is 17.9 Å². The molecule has 2 nitrogen and oxygen atoms in total. The number of carbonyl (C=O) groups excluding carboxylic acids is 1. The minimum absolute atomic E-state index is 0.339. The number of rotatable bonds is 0. The number of benzene rings is 1. The minimum atomic E-state index is 0.339. The average Bonchev–Trinajstić information content (AvgIpc) is 2.51. The van der Waals surface area contributed by atoms with Crippen molar-refractivity contribution in [1.82, 2.24) is 0 Å². The summed E-state index contributed by atoms with van der Waals surface area (Å²) in [5.41, 5.74) is 2.61. The van der Waals surface area contributed by atoms with Crippen LogP contribution in [0.3, 0.4) is 0 Å². The van der Waals surface area contributed by atoms with E-state index in [2.05, 4.69) is 23.1 Å². The third-order valence-electron chi connectivity index (χ3n) is 4.34. The van der Waals surface area contributed by atoms with Crippen LogP contribution in [0, 0.1) is 5.92 Å². The molecular formula is C13H13NO. The highest BCUT2D eigenvalue weighted by molar-refractivity contribution is 5.98. The maximum Gasteiger partial charge on any atom is 0.227 e. The van der Waals surface area contributed by atoms with Gasteiger partial charge in [-0.05, 0) is 30.4 Å². The van der Waals surface area contributed by atoms with Gasteiger partial charge in [-0.25, -0.2) is 0 Å². The normalized spacial score (nSPS) is 35.9. The highest BCUT2D eigenvalue weighted by Gasteiger charge is 2.54. The Labute approximate surface area is 88.9 Å². The fourth-order valence-electron chi connectivity index (χ4n) is 3.64. The average molecular weight is 199 g/mol. The Morgan fingerprint density at radius 2 is 2.13 bits per heavy atom. The molecule has 0 aromatic heterocycles. The van der Waals surface area contributed by atoms with Crippen molar-refractivity contribution in [3.05, 3.63) is 29.8 Å². The molecule has 4 rings (SSSR count). The third kappa shape index (κ3) is 0.796. The SMILES string of the molecule is O=C1CC[C@H]2C[C@H]3c4ccccc4N1C23. The van der Waals surface area contributed by atoms with Crippen molar-refractivity contribution in [2.24, 2.45) is 5.92 Å². The molecule has 1 saturated heterocycles. The minimum Gasteiger partial charge on any atom is -0.308 e. The van der Waals surface area contributed by atoms with Crippen LogP contribution in [0.4, 0.5) is 5.69 Å². The van der Waals surface area contributed by atoms with E-state index in [1.807, 2.05) is 6.07 Å². The summed E-state index contributed by atoms with van der Waals surface area (Å²) in [5, 5.41) is 0. The molecule has 2 aliphatic heterocycles. The molecule has 2 heteroatoms. The first-order valence-corrected chi connectivity index (χ1v) is 5.77. The summed E-state index contributed by atoms with van der Waals surface area (Å²) in [7, 11) is 0. The Kier molecular flexibility index (Phi) is 1.28. The van der Waals surface area contributed by atoms with E-state index in [0.717, 1.165) is 18.8 Å². The van der Waals surface area contributed by atoms with Gasteiger partial charge in [-0.3, -0.25) is 4.79 Å². The van der Waals surface area contributed by atoms with Gasteiger partial charge in [-0.15, -0.1) is 0 Å². The lowest BCUT2D eigenvalue weighted by Crippen LogP contribution is -2.54. The molecule has 1 aromatic rings. The van der Waals surface area contributed by atoms with Crippen molar-refractivity contribution in [1.29, 1.82) is 0 Å². The summed E-state index contributed by atoms with van der Waals surface area (Å²) < 4.78 is 0. The molecule has 1 amide bonds. The molecule has 3 aliphatic rings. The number of nitrogens with zero attached hydrogens (tertiary/aromatic N) is 1.